The molecule has 0 aromatic carbocycles. The van der Waals surface area contributed by atoms with E-state index in [-0.39, 0.29) is 11.9 Å². The Morgan fingerprint density at radius 2 is 1.70 bits per heavy atom. The first-order chi connectivity index (χ1) is 11.3. The van der Waals surface area contributed by atoms with Gasteiger partial charge >= 0.3 is 0 Å². The van der Waals surface area contributed by atoms with Crippen LogP contribution in [0.3, 0.4) is 0 Å². The van der Waals surface area contributed by atoms with Gasteiger partial charge in [0.05, 0.1) is 19.3 Å². The van der Waals surface area contributed by atoms with Gasteiger partial charge in [0.1, 0.15) is 0 Å². The van der Waals surface area contributed by atoms with Crippen molar-refractivity contribution in [1.29, 1.82) is 0 Å². The molecule has 1 saturated heterocycles. The minimum atomic E-state index is 0.0806. The molecule has 23 heavy (non-hydrogen) atoms. The van der Waals surface area contributed by atoms with E-state index in [1.165, 1.54) is 5.56 Å². The molecule has 0 bridgehead atoms. The lowest BCUT2D eigenvalue weighted by Crippen LogP contribution is -2.40. The number of amides is 1. The quantitative estimate of drug-likeness (QED) is 0.883. The standard InChI is InChI=1S/C18H21N3O2/c22-18(2-1-14-3-7-19-8-4-14)21-17-13-23-12-16(17)11-15-5-9-20-10-6-15/h3-10,16-17H,1-2,11-13H2,(H,21,22). The summed E-state index contributed by atoms with van der Waals surface area (Å²) < 4.78 is 5.57. The molecule has 1 fully saturated rings. The molecule has 0 aliphatic carbocycles. The Hall–Kier alpha value is -2.27. The van der Waals surface area contributed by atoms with Crippen molar-refractivity contribution in [3.63, 3.8) is 0 Å². The molecule has 2 unspecified atom stereocenters. The second kappa shape index (κ2) is 7.83. The second-order valence-corrected chi connectivity index (χ2v) is 5.89. The molecule has 1 aliphatic heterocycles. The normalized spacial score (nSPS) is 20.3. The summed E-state index contributed by atoms with van der Waals surface area (Å²) in [6.45, 7) is 1.29. The first-order valence-corrected chi connectivity index (χ1v) is 7.96. The number of nitrogens with one attached hydrogen (secondary N) is 1. The highest BCUT2D eigenvalue weighted by atomic mass is 16.5. The molecule has 5 heteroatoms. The topological polar surface area (TPSA) is 64.1 Å². The van der Waals surface area contributed by atoms with E-state index in [0.29, 0.717) is 25.6 Å². The summed E-state index contributed by atoms with van der Waals surface area (Å²) in [6, 6.07) is 8.01. The highest BCUT2D eigenvalue weighted by Gasteiger charge is 2.29. The molecular weight excluding hydrogens is 290 g/mol. The molecule has 2 atom stereocenters. The smallest absolute Gasteiger partial charge is 0.220 e. The van der Waals surface area contributed by atoms with Crippen LogP contribution in [0.2, 0.25) is 0 Å². The van der Waals surface area contributed by atoms with E-state index in [4.69, 9.17) is 4.74 Å². The van der Waals surface area contributed by atoms with Crippen LogP contribution in [-0.2, 0) is 22.4 Å². The van der Waals surface area contributed by atoms with Gasteiger partial charge in [0.2, 0.25) is 5.91 Å². The number of carbonyl (C=O) groups is 1. The van der Waals surface area contributed by atoms with E-state index in [9.17, 15) is 4.79 Å². The van der Waals surface area contributed by atoms with Gasteiger partial charge in [-0.2, -0.15) is 0 Å². The number of aryl methyl sites for hydroxylation is 1. The van der Waals surface area contributed by atoms with Crippen LogP contribution in [0.4, 0.5) is 0 Å². The van der Waals surface area contributed by atoms with Crippen molar-refractivity contribution in [2.45, 2.75) is 25.3 Å². The lowest BCUT2D eigenvalue weighted by Gasteiger charge is -2.19. The maximum atomic E-state index is 12.2. The SMILES string of the molecule is O=C(CCc1ccncc1)NC1COCC1Cc1ccncc1. The molecule has 120 valence electrons. The van der Waals surface area contributed by atoms with Gasteiger partial charge < -0.3 is 10.1 Å². The highest BCUT2D eigenvalue weighted by Crippen LogP contribution is 2.19. The van der Waals surface area contributed by atoms with Crippen LogP contribution in [0.5, 0.6) is 0 Å². The van der Waals surface area contributed by atoms with E-state index < -0.39 is 0 Å². The van der Waals surface area contributed by atoms with Crippen molar-refractivity contribution in [1.82, 2.24) is 15.3 Å². The minimum Gasteiger partial charge on any atom is -0.379 e. The van der Waals surface area contributed by atoms with Crippen LogP contribution in [0.1, 0.15) is 17.5 Å². The number of hydrogen-bond donors (Lipinski definition) is 1. The average Bonchev–Trinajstić information content (AvgIpc) is 3.02. The van der Waals surface area contributed by atoms with Gasteiger partial charge in [-0.1, -0.05) is 0 Å². The minimum absolute atomic E-state index is 0.0806. The number of nitrogens with zero attached hydrogens (tertiary/aromatic N) is 2. The molecule has 5 nitrogen and oxygen atoms in total. The number of aromatic nitrogens is 2. The van der Waals surface area contributed by atoms with Crippen LogP contribution in [0.25, 0.3) is 0 Å². The molecule has 1 aliphatic rings. The molecule has 2 aromatic rings. The van der Waals surface area contributed by atoms with Crippen molar-refractivity contribution in [3.05, 3.63) is 60.2 Å². The van der Waals surface area contributed by atoms with Gasteiger partial charge in [-0.25, -0.2) is 0 Å². The summed E-state index contributed by atoms with van der Waals surface area (Å²) in [5.74, 6) is 0.402. The lowest BCUT2D eigenvalue weighted by atomic mass is 9.95. The van der Waals surface area contributed by atoms with Gasteiger partial charge in [0, 0.05) is 37.1 Å². The molecule has 0 spiro atoms. The van der Waals surface area contributed by atoms with Crippen molar-refractivity contribution < 1.29 is 9.53 Å². The Kier molecular flexibility index (Phi) is 5.32. The second-order valence-electron chi connectivity index (χ2n) is 5.89. The zero-order valence-electron chi connectivity index (χ0n) is 13.0. The third-order valence-corrected chi connectivity index (χ3v) is 4.18. The van der Waals surface area contributed by atoms with Crippen LogP contribution in [0, 0.1) is 5.92 Å². The summed E-state index contributed by atoms with van der Waals surface area (Å²) >= 11 is 0. The van der Waals surface area contributed by atoms with E-state index in [2.05, 4.69) is 15.3 Å². The van der Waals surface area contributed by atoms with Crippen molar-refractivity contribution in [2.24, 2.45) is 5.92 Å². The van der Waals surface area contributed by atoms with Gasteiger partial charge in [-0.05, 0) is 48.2 Å². The van der Waals surface area contributed by atoms with E-state index >= 15 is 0 Å². The molecule has 1 amide bonds. The number of ether oxygens (including phenoxy) is 1. The van der Waals surface area contributed by atoms with Crippen molar-refractivity contribution in [3.8, 4) is 0 Å². The van der Waals surface area contributed by atoms with E-state index in [1.54, 1.807) is 24.8 Å². The molecular formula is C18H21N3O2. The number of carbonyl (C=O) groups excluding carboxylic acids is 1. The Bertz CT molecular complexity index is 619. The molecule has 3 heterocycles. The van der Waals surface area contributed by atoms with E-state index in [1.807, 2.05) is 24.3 Å². The number of hydrogen-bond acceptors (Lipinski definition) is 4. The van der Waals surface area contributed by atoms with E-state index in [0.717, 1.165) is 18.4 Å². The van der Waals surface area contributed by atoms with Gasteiger partial charge in [-0.3, -0.25) is 14.8 Å². The van der Waals surface area contributed by atoms with Crippen LogP contribution >= 0.6 is 0 Å². The van der Waals surface area contributed by atoms with Gasteiger partial charge in [-0.15, -0.1) is 0 Å². The van der Waals surface area contributed by atoms with Crippen molar-refractivity contribution >= 4 is 5.91 Å². The largest absolute Gasteiger partial charge is 0.379 e. The number of pyridine rings is 2. The maximum absolute atomic E-state index is 12.2. The first kappa shape index (κ1) is 15.6. The Morgan fingerprint density at radius 1 is 1.04 bits per heavy atom. The highest BCUT2D eigenvalue weighted by molar-refractivity contribution is 5.76. The Labute approximate surface area is 136 Å². The van der Waals surface area contributed by atoms with Crippen LogP contribution in [0.15, 0.2) is 49.1 Å². The lowest BCUT2D eigenvalue weighted by molar-refractivity contribution is -0.122. The fourth-order valence-corrected chi connectivity index (χ4v) is 2.87. The molecule has 1 N–H and O–H groups in total. The summed E-state index contributed by atoms with van der Waals surface area (Å²) in [7, 11) is 0. The molecule has 0 radical (unpaired) electrons. The number of rotatable bonds is 6. The molecule has 3 rings (SSSR count). The predicted molar refractivity (Wildman–Crippen MR) is 86.7 cm³/mol. The fraction of sp³-hybridized carbons (Fsp3) is 0.389. The molecule has 2 aromatic heterocycles. The fourth-order valence-electron chi connectivity index (χ4n) is 2.87. The summed E-state index contributed by atoms with van der Waals surface area (Å²) in [5.41, 5.74) is 2.36. The summed E-state index contributed by atoms with van der Waals surface area (Å²) in [6.07, 6.45) is 9.23. The summed E-state index contributed by atoms with van der Waals surface area (Å²) in [4.78, 5) is 20.2. The van der Waals surface area contributed by atoms with Gasteiger partial charge in [0.25, 0.3) is 0 Å². The van der Waals surface area contributed by atoms with Gasteiger partial charge in [0.15, 0.2) is 0 Å². The summed E-state index contributed by atoms with van der Waals surface area (Å²) in [5, 5.41) is 3.12. The van der Waals surface area contributed by atoms with Crippen LogP contribution < -0.4 is 5.32 Å². The molecule has 0 saturated carbocycles. The third-order valence-electron chi connectivity index (χ3n) is 4.18. The first-order valence-electron chi connectivity index (χ1n) is 7.96. The Morgan fingerprint density at radius 3 is 2.39 bits per heavy atom. The zero-order valence-corrected chi connectivity index (χ0v) is 13.0. The predicted octanol–water partition coefficient (Wildman–Crippen LogP) is 1.78. The van der Waals surface area contributed by atoms with Crippen molar-refractivity contribution in [2.75, 3.05) is 13.2 Å². The monoisotopic (exact) mass is 311 g/mol. The average molecular weight is 311 g/mol. The Balaban J connectivity index is 1.49. The third kappa shape index (κ3) is 4.60. The maximum Gasteiger partial charge on any atom is 0.220 e. The zero-order chi connectivity index (χ0) is 15.9. The van der Waals surface area contributed by atoms with Crippen LogP contribution in [-0.4, -0.2) is 35.1 Å².